The first kappa shape index (κ1) is 10.2. The molecule has 3 aromatic carbocycles. The van der Waals surface area contributed by atoms with Gasteiger partial charge in [-0.15, -0.1) is 0 Å². The number of benzene rings is 3. The number of fused-ring (bicyclic) bond motifs is 4. The number of rotatable bonds is 0. The normalized spacial score (nSPS) is 12.0. The van der Waals surface area contributed by atoms with Crippen LogP contribution in [0, 0.1) is 0 Å². The minimum absolute atomic E-state index is 1.07. The Labute approximate surface area is 116 Å². The minimum Gasteiger partial charge on any atom is -0.247 e. The van der Waals surface area contributed by atoms with E-state index in [-0.39, 0.29) is 0 Å². The van der Waals surface area contributed by atoms with Crippen LogP contribution in [0.1, 0.15) is 0 Å². The summed E-state index contributed by atoms with van der Waals surface area (Å²) in [6, 6.07) is 23.6. The Hall–Kier alpha value is -2.67. The van der Waals surface area contributed by atoms with E-state index < -0.39 is 0 Å². The van der Waals surface area contributed by atoms with Crippen molar-refractivity contribution in [3.63, 3.8) is 0 Å². The van der Waals surface area contributed by atoms with Gasteiger partial charge in [0.1, 0.15) is 0 Å². The van der Waals surface area contributed by atoms with Crippen LogP contribution in [0.4, 0.5) is 0 Å². The Morgan fingerprint density at radius 3 is 2.25 bits per heavy atom. The fraction of sp³-hybridized carbons (Fsp3) is 0. The highest BCUT2D eigenvalue weighted by atomic mass is 14.7. The van der Waals surface area contributed by atoms with Crippen LogP contribution >= 0.6 is 0 Å². The van der Waals surface area contributed by atoms with Crippen molar-refractivity contribution in [3.8, 4) is 22.4 Å². The van der Waals surface area contributed by atoms with Crippen molar-refractivity contribution >= 4 is 21.7 Å². The molecule has 0 radical (unpaired) electrons. The molecular formula is C19H11N. The van der Waals surface area contributed by atoms with Crippen molar-refractivity contribution in [2.75, 3.05) is 0 Å². The Bertz CT molecular complexity index is 922. The molecular weight excluding hydrogens is 242 g/mol. The van der Waals surface area contributed by atoms with Crippen molar-refractivity contribution in [2.45, 2.75) is 0 Å². The first-order chi connectivity index (χ1) is 9.92. The van der Waals surface area contributed by atoms with Gasteiger partial charge in [0.25, 0.3) is 0 Å². The molecule has 0 atom stereocenters. The molecule has 1 aliphatic rings. The second-order valence-electron chi connectivity index (χ2n) is 5.29. The van der Waals surface area contributed by atoms with Crippen LogP contribution in [0.3, 0.4) is 0 Å². The zero-order valence-corrected chi connectivity index (χ0v) is 10.8. The van der Waals surface area contributed by atoms with E-state index in [1.807, 2.05) is 6.07 Å². The van der Waals surface area contributed by atoms with Crippen LogP contribution < -0.4 is 0 Å². The summed E-state index contributed by atoms with van der Waals surface area (Å²) >= 11 is 0. The predicted molar refractivity (Wildman–Crippen MR) is 83.7 cm³/mol. The van der Waals surface area contributed by atoms with E-state index in [2.05, 4.69) is 60.7 Å². The molecule has 1 heteroatoms. The number of para-hydroxylation sites is 1. The lowest BCUT2D eigenvalue weighted by molar-refractivity contribution is 1.43. The largest absolute Gasteiger partial charge is 0.247 e. The van der Waals surface area contributed by atoms with Gasteiger partial charge in [0.15, 0.2) is 0 Å². The molecule has 0 saturated heterocycles. The summed E-state index contributed by atoms with van der Waals surface area (Å²) in [5.41, 5.74) is 6.02. The molecule has 5 rings (SSSR count). The first-order valence-corrected chi connectivity index (χ1v) is 6.84. The first-order valence-electron chi connectivity index (χ1n) is 6.84. The molecule has 92 valence electrons. The van der Waals surface area contributed by atoms with Gasteiger partial charge in [0.05, 0.1) is 11.2 Å². The topological polar surface area (TPSA) is 12.9 Å². The summed E-state index contributed by atoms with van der Waals surface area (Å²) < 4.78 is 0. The molecule has 0 unspecified atom stereocenters. The molecule has 0 N–H and O–H groups in total. The van der Waals surface area contributed by atoms with E-state index >= 15 is 0 Å². The second kappa shape index (κ2) is 3.45. The third kappa shape index (κ3) is 1.15. The van der Waals surface area contributed by atoms with Crippen LogP contribution in [0.2, 0.25) is 0 Å². The smallest absolute Gasteiger partial charge is 0.0794 e. The lowest BCUT2D eigenvalue weighted by Gasteiger charge is -2.03. The van der Waals surface area contributed by atoms with E-state index in [1.54, 1.807) is 0 Å². The van der Waals surface area contributed by atoms with Gasteiger partial charge in [-0.05, 0) is 28.5 Å². The molecule has 4 aromatic rings. The Kier molecular flexibility index (Phi) is 1.75. The quantitative estimate of drug-likeness (QED) is 0.377. The molecule has 1 heterocycles. The third-order valence-electron chi connectivity index (χ3n) is 4.17. The fourth-order valence-corrected chi connectivity index (χ4v) is 3.29. The van der Waals surface area contributed by atoms with Crippen molar-refractivity contribution in [2.24, 2.45) is 0 Å². The lowest BCUT2D eigenvalue weighted by Crippen LogP contribution is -1.84. The molecule has 20 heavy (non-hydrogen) atoms. The van der Waals surface area contributed by atoms with E-state index in [0.29, 0.717) is 0 Å². The summed E-state index contributed by atoms with van der Waals surface area (Å²) in [6.45, 7) is 0. The molecule has 0 amide bonds. The molecule has 0 bridgehead atoms. The third-order valence-corrected chi connectivity index (χ3v) is 4.17. The maximum Gasteiger partial charge on any atom is 0.0794 e. The fourth-order valence-electron chi connectivity index (χ4n) is 3.29. The molecule has 1 nitrogen and oxygen atoms in total. The van der Waals surface area contributed by atoms with Gasteiger partial charge >= 0.3 is 0 Å². The van der Waals surface area contributed by atoms with Crippen molar-refractivity contribution in [1.29, 1.82) is 0 Å². The Morgan fingerprint density at radius 2 is 1.35 bits per heavy atom. The SMILES string of the molecule is c1ccc2nc3c(cc2c1)-c1cccc2cccc-3c12. The monoisotopic (exact) mass is 253 g/mol. The zero-order chi connectivity index (χ0) is 13.1. The molecule has 0 aliphatic heterocycles. The summed E-state index contributed by atoms with van der Waals surface area (Å²) in [4.78, 5) is 4.90. The summed E-state index contributed by atoms with van der Waals surface area (Å²) in [6.07, 6.45) is 0. The standard InChI is InChI=1S/C19H11N/c1-2-10-17-13(5-1)11-16-14-8-3-6-12-7-4-9-15(18(12)14)19(16)20-17/h1-11H. The van der Waals surface area contributed by atoms with Gasteiger partial charge < -0.3 is 0 Å². The average molecular weight is 253 g/mol. The van der Waals surface area contributed by atoms with E-state index in [0.717, 1.165) is 11.2 Å². The number of hydrogen-bond acceptors (Lipinski definition) is 1. The average Bonchev–Trinajstić information content (AvgIpc) is 2.82. The number of hydrogen-bond donors (Lipinski definition) is 0. The second-order valence-corrected chi connectivity index (χ2v) is 5.29. The Balaban J connectivity index is 2.02. The zero-order valence-electron chi connectivity index (χ0n) is 10.8. The Morgan fingerprint density at radius 1 is 0.600 bits per heavy atom. The minimum atomic E-state index is 1.07. The molecule has 0 fully saturated rings. The highest BCUT2D eigenvalue weighted by Crippen LogP contribution is 2.46. The maximum atomic E-state index is 4.90. The van der Waals surface area contributed by atoms with Gasteiger partial charge in [-0.3, -0.25) is 0 Å². The summed E-state index contributed by atoms with van der Waals surface area (Å²) in [5.74, 6) is 0. The van der Waals surface area contributed by atoms with Crippen LogP contribution in [0.25, 0.3) is 44.1 Å². The maximum absolute atomic E-state index is 4.90. The van der Waals surface area contributed by atoms with Crippen molar-refractivity contribution in [3.05, 3.63) is 66.7 Å². The molecule has 0 spiro atoms. The highest BCUT2D eigenvalue weighted by molar-refractivity contribution is 6.15. The van der Waals surface area contributed by atoms with Gasteiger partial charge in [-0.1, -0.05) is 54.6 Å². The summed E-state index contributed by atoms with van der Waals surface area (Å²) in [7, 11) is 0. The van der Waals surface area contributed by atoms with E-state index in [4.69, 9.17) is 4.98 Å². The van der Waals surface area contributed by atoms with Crippen LogP contribution in [0.15, 0.2) is 66.7 Å². The van der Waals surface area contributed by atoms with E-state index in [1.165, 1.54) is 32.8 Å². The van der Waals surface area contributed by atoms with Crippen molar-refractivity contribution in [1.82, 2.24) is 4.98 Å². The highest BCUT2D eigenvalue weighted by Gasteiger charge is 2.22. The summed E-state index contributed by atoms with van der Waals surface area (Å²) in [5, 5.41) is 3.84. The van der Waals surface area contributed by atoms with Crippen LogP contribution in [-0.4, -0.2) is 4.98 Å². The molecule has 1 aliphatic carbocycles. The number of aromatic nitrogens is 1. The van der Waals surface area contributed by atoms with Gasteiger partial charge in [0.2, 0.25) is 0 Å². The van der Waals surface area contributed by atoms with Crippen molar-refractivity contribution < 1.29 is 0 Å². The number of pyridine rings is 1. The van der Waals surface area contributed by atoms with Crippen LogP contribution in [0.5, 0.6) is 0 Å². The van der Waals surface area contributed by atoms with Gasteiger partial charge in [-0.25, -0.2) is 4.98 Å². The number of nitrogens with zero attached hydrogens (tertiary/aromatic N) is 1. The predicted octanol–water partition coefficient (Wildman–Crippen LogP) is 5.04. The molecule has 0 saturated carbocycles. The van der Waals surface area contributed by atoms with Gasteiger partial charge in [-0.2, -0.15) is 0 Å². The van der Waals surface area contributed by atoms with E-state index in [9.17, 15) is 0 Å². The molecule has 1 aromatic heterocycles. The van der Waals surface area contributed by atoms with Gasteiger partial charge in [0, 0.05) is 16.5 Å². The van der Waals surface area contributed by atoms with Crippen LogP contribution in [-0.2, 0) is 0 Å². The lowest BCUT2D eigenvalue weighted by atomic mass is 10.0.